The minimum Gasteiger partial charge on any atom is -0.481 e. The minimum atomic E-state index is -0.466. The van der Waals surface area contributed by atoms with Crippen LogP contribution in [0.15, 0.2) is 42.5 Å². The Morgan fingerprint density at radius 1 is 1.00 bits per heavy atom. The van der Waals surface area contributed by atoms with Gasteiger partial charge in [0.05, 0.1) is 0 Å². The van der Waals surface area contributed by atoms with Crippen molar-refractivity contribution in [3.63, 3.8) is 0 Å². The van der Waals surface area contributed by atoms with Gasteiger partial charge in [0.25, 0.3) is 5.91 Å². The molecule has 1 atom stereocenters. The van der Waals surface area contributed by atoms with Crippen molar-refractivity contribution < 1.29 is 9.53 Å². The standard InChI is InChI=1S/C25H34N2O2/c1-4-24(29-23-16-13-20-9-7-8-10-21(20)17-23)25(28)26-18-19-11-14-22(15-12-19)27(5-2)6-3/h11-17,24H,4-10,18H2,1-3H3,(H,26,28)/t24-/m0/s1. The van der Waals surface area contributed by atoms with E-state index in [9.17, 15) is 4.79 Å². The average Bonchev–Trinajstić information content (AvgIpc) is 2.77. The lowest BCUT2D eigenvalue weighted by molar-refractivity contribution is -0.128. The Labute approximate surface area is 175 Å². The number of carbonyl (C=O) groups excluding carboxylic acids is 1. The Morgan fingerprint density at radius 3 is 2.34 bits per heavy atom. The molecule has 0 aromatic heterocycles. The second-order valence-electron chi connectivity index (χ2n) is 7.71. The molecule has 4 nitrogen and oxygen atoms in total. The molecule has 0 radical (unpaired) electrons. The average molecular weight is 395 g/mol. The summed E-state index contributed by atoms with van der Waals surface area (Å²) in [5.41, 5.74) is 5.11. The van der Waals surface area contributed by atoms with Crippen LogP contribution in [-0.4, -0.2) is 25.1 Å². The van der Waals surface area contributed by atoms with Gasteiger partial charge in [0.15, 0.2) is 6.10 Å². The van der Waals surface area contributed by atoms with Gasteiger partial charge in [-0.2, -0.15) is 0 Å². The molecule has 0 saturated carbocycles. The molecule has 0 bridgehead atoms. The van der Waals surface area contributed by atoms with E-state index in [1.165, 1.54) is 29.7 Å². The molecule has 1 aliphatic carbocycles. The Bertz CT molecular complexity index is 797. The second kappa shape index (κ2) is 10.3. The van der Waals surface area contributed by atoms with Crippen LogP contribution in [0, 0.1) is 0 Å². The molecule has 0 aliphatic heterocycles. The second-order valence-corrected chi connectivity index (χ2v) is 7.71. The maximum atomic E-state index is 12.7. The van der Waals surface area contributed by atoms with Gasteiger partial charge in [-0.1, -0.05) is 25.1 Å². The number of nitrogens with one attached hydrogen (secondary N) is 1. The number of fused-ring (bicyclic) bond motifs is 1. The number of aryl methyl sites for hydroxylation is 2. The molecule has 1 amide bonds. The van der Waals surface area contributed by atoms with Crippen molar-refractivity contribution >= 4 is 11.6 Å². The lowest BCUT2D eigenvalue weighted by atomic mass is 9.92. The van der Waals surface area contributed by atoms with Crippen LogP contribution in [0.2, 0.25) is 0 Å². The van der Waals surface area contributed by atoms with Gasteiger partial charge in [-0.15, -0.1) is 0 Å². The molecule has 0 saturated heterocycles. The third-order valence-corrected chi connectivity index (χ3v) is 5.79. The van der Waals surface area contributed by atoms with Gasteiger partial charge >= 0.3 is 0 Å². The molecule has 2 aromatic carbocycles. The molecule has 4 heteroatoms. The molecule has 1 aliphatic rings. The molecule has 3 rings (SSSR count). The topological polar surface area (TPSA) is 41.6 Å². The maximum absolute atomic E-state index is 12.7. The van der Waals surface area contributed by atoms with E-state index >= 15 is 0 Å². The number of hydrogen-bond acceptors (Lipinski definition) is 3. The zero-order chi connectivity index (χ0) is 20.6. The van der Waals surface area contributed by atoms with Gasteiger partial charge in [0.2, 0.25) is 0 Å². The first-order chi connectivity index (χ1) is 14.1. The van der Waals surface area contributed by atoms with Crippen molar-refractivity contribution in [3.8, 4) is 5.75 Å². The van der Waals surface area contributed by atoms with Gasteiger partial charge in [-0.3, -0.25) is 4.79 Å². The third-order valence-electron chi connectivity index (χ3n) is 5.79. The van der Waals surface area contributed by atoms with Crippen molar-refractivity contribution in [1.29, 1.82) is 0 Å². The first-order valence-corrected chi connectivity index (χ1v) is 11.0. The van der Waals surface area contributed by atoms with E-state index in [1.54, 1.807) is 0 Å². The van der Waals surface area contributed by atoms with E-state index in [1.807, 2.05) is 13.0 Å². The number of carbonyl (C=O) groups is 1. The van der Waals surface area contributed by atoms with E-state index in [0.29, 0.717) is 13.0 Å². The Morgan fingerprint density at radius 2 is 1.69 bits per heavy atom. The summed E-state index contributed by atoms with van der Waals surface area (Å²) < 4.78 is 6.04. The summed E-state index contributed by atoms with van der Waals surface area (Å²) in [5.74, 6) is 0.745. The quantitative estimate of drug-likeness (QED) is 0.659. The number of rotatable bonds is 9. The van der Waals surface area contributed by atoms with Crippen molar-refractivity contribution in [3.05, 3.63) is 59.2 Å². The summed E-state index contributed by atoms with van der Waals surface area (Å²) >= 11 is 0. The predicted molar refractivity (Wildman–Crippen MR) is 120 cm³/mol. The van der Waals surface area contributed by atoms with Gasteiger partial charge < -0.3 is 15.0 Å². The Kier molecular flexibility index (Phi) is 7.56. The largest absolute Gasteiger partial charge is 0.481 e. The number of anilines is 1. The van der Waals surface area contributed by atoms with Crippen LogP contribution in [0.1, 0.15) is 56.7 Å². The third kappa shape index (κ3) is 5.53. The highest BCUT2D eigenvalue weighted by molar-refractivity contribution is 5.81. The molecular weight excluding hydrogens is 360 g/mol. The van der Waals surface area contributed by atoms with E-state index in [4.69, 9.17) is 4.74 Å². The van der Waals surface area contributed by atoms with E-state index < -0.39 is 6.10 Å². The number of benzene rings is 2. The summed E-state index contributed by atoms with van der Waals surface area (Å²) in [4.78, 5) is 15.0. The van der Waals surface area contributed by atoms with Crippen molar-refractivity contribution in [1.82, 2.24) is 5.32 Å². The Hall–Kier alpha value is -2.49. The van der Waals surface area contributed by atoms with Gasteiger partial charge in [-0.25, -0.2) is 0 Å². The predicted octanol–water partition coefficient (Wildman–Crippen LogP) is 4.89. The summed E-state index contributed by atoms with van der Waals surface area (Å²) in [6, 6.07) is 14.7. The highest BCUT2D eigenvalue weighted by Gasteiger charge is 2.19. The van der Waals surface area contributed by atoms with Crippen molar-refractivity contribution in [2.45, 2.75) is 65.5 Å². The first-order valence-electron chi connectivity index (χ1n) is 11.0. The van der Waals surface area contributed by atoms with E-state index in [0.717, 1.165) is 37.2 Å². The molecule has 29 heavy (non-hydrogen) atoms. The maximum Gasteiger partial charge on any atom is 0.261 e. The zero-order valence-electron chi connectivity index (χ0n) is 18.0. The van der Waals surface area contributed by atoms with Crippen LogP contribution < -0.4 is 15.0 Å². The fraction of sp³-hybridized carbons (Fsp3) is 0.480. The summed E-state index contributed by atoms with van der Waals surface area (Å²) in [6.07, 6.45) is 4.94. The van der Waals surface area contributed by atoms with Crippen LogP contribution >= 0.6 is 0 Å². The number of nitrogens with zero attached hydrogens (tertiary/aromatic N) is 1. The Balaban J connectivity index is 1.56. The van der Waals surface area contributed by atoms with Crippen LogP contribution in [0.5, 0.6) is 5.75 Å². The van der Waals surface area contributed by atoms with E-state index in [2.05, 4.69) is 60.5 Å². The van der Waals surface area contributed by atoms with Crippen LogP contribution in [0.4, 0.5) is 5.69 Å². The molecule has 0 heterocycles. The van der Waals surface area contributed by atoms with Crippen LogP contribution in [0.3, 0.4) is 0 Å². The molecular formula is C25H34N2O2. The van der Waals surface area contributed by atoms with Crippen molar-refractivity contribution in [2.75, 3.05) is 18.0 Å². The number of amides is 1. The lowest BCUT2D eigenvalue weighted by Crippen LogP contribution is -2.37. The first kappa shape index (κ1) is 21.2. The minimum absolute atomic E-state index is 0.0574. The van der Waals surface area contributed by atoms with Crippen molar-refractivity contribution in [2.24, 2.45) is 0 Å². The molecule has 0 unspecified atom stereocenters. The smallest absolute Gasteiger partial charge is 0.261 e. The fourth-order valence-electron chi connectivity index (χ4n) is 3.99. The number of ether oxygens (including phenoxy) is 1. The normalized spacial score (nSPS) is 14.0. The summed E-state index contributed by atoms with van der Waals surface area (Å²) in [6.45, 7) is 8.80. The van der Waals surface area contributed by atoms with Gasteiger partial charge in [-0.05, 0) is 86.9 Å². The van der Waals surface area contributed by atoms with Gasteiger partial charge in [0, 0.05) is 25.3 Å². The molecule has 156 valence electrons. The van der Waals surface area contributed by atoms with Crippen LogP contribution in [-0.2, 0) is 24.2 Å². The lowest BCUT2D eigenvalue weighted by Gasteiger charge is -2.21. The molecule has 1 N–H and O–H groups in total. The van der Waals surface area contributed by atoms with Gasteiger partial charge in [0.1, 0.15) is 5.75 Å². The summed E-state index contributed by atoms with van der Waals surface area (Å²) in [7, 11) is 0. The zero-order valence-corrected chi connectivity index (χ0v) is 18.0. The SMILES string of the molecule is CC[C@H](Oc1ccc2c(c1)CCCC2)C(=O)NCc1ccc(N(CC)CC)cc1. The fourth-order valence-corrected chi connectivity index (χ4v) is 3.99. The highest BCUT2D eigenvalue weighted by atomic mass is 16.5. The molecule has 0 spiro atoms. The highest BCUT2D eigenvalue weighted by Crippen LogP contribution is 2.26. The van der Waals surface area contributed by atoms with E-state index in [-0.39, 0.29) is 5.91 Å². The number of hydrogen-bond donors (Lipinski definition) is 1. The van der Waals surface area contributed by atoms with Crippen LogP contribution in [0.25, 0.3) is 0 Å². The molecule has 2 aromatic rings. The monoisotopic (exact) mass is 394 g/mol. The summed E-state index contributed by atoms with van der Waals surface area (Å²) in [5, 5.41) is 3.03. The molecule has 0 fully saturated rings.